The minimum Gasteiger partial charge on any atom is -0.464 e. The van der Waals surface area contributed by atoms with Gasteiger partial charge in [-0.3, -0.25) is 19.2 Å². The highest BCUT2D eigenvalue weighted by molar-refractivity contribution is 6.15. The Hall–Kier alpha value is -2.22. The van der Waals surface area contributed by atoms with Crippen LogP contribution in [-0.2, 0) is 38.1 Å². The van der Waals surface area contributed by atoms with E-state index in [4.69, 9.17) is 18.9 Å². The van der Waals surface area contributed by atoms with E-state index in [2.05, 4.69) is 6.58 Å². The van der Waals surface area contributed by atoms with Crippen molar-refractivity contribution < 1.29 is 38.1 Å². The highest BCUT2D eigenvalue weighted by Crippen LogP contribution is 2.70. The van der Waals surface area contributed by atoms with Crippen LogP contribution < -0.4 is 0 Å². The monoisotopic (exact) mass is 446 g/mol. The summed E-state index contributed by atoms with van der Waals surface area (Å²) in [6, 6.07) is 0. The maximum atomic E-state index is 13.4. The number of fused-ring (bicyclic) bond motifs is 4. The summed E-state index contributed by atoms with van der Waals surface area (Å²) in [6.45, 7) is 9.07. The van der Waals surface area contributed by atoms with Crippen molar-refractivity contribution in [1.29, 1.82) is 0 Å². The topological polar surface area (TPSA) is 105 Å². The highest BCUT2D eigenvalue weighted by Gasteiger charge is 2.75. The molecule has 0 amide bonds. The molecule has 2 saturated heterocycles. The first-order chi connectivity index (χ1) is 15.1. The van der Waals surface area contributed by atoms with Crippen molar-refractivity contribution >= 4 is 23.7 Å². The molecule has 0 aromatic rings. The van der Waals surface area contributed by atoms with Crippen molar-refractivity contribution in [3.8, 4) is 0 Å². The van der Waals surface area contributed by atoms with Crippen LogP contribution in [-0.4, -0.2) is 49.3 Å². The predicted octanol–water partition coefficient (Wildman–Crippen LogP) is 2.34. The Labute approximate surface area is 187 Å². The lowest BCUT2D eigenvalue weighted by molar-refractivity contribution is -0.241. The summed E-state index contributed by atoms with van der Waals surface area (Å²) in [5.41, 5.74) is -1.97. The highest BCUT2D eigenvalue weighted by atomic mass is 16.7. The molecule has 2 spiro atoms. The molecule has 4 unspecified atom stereocenters. The number of hydrogen-bond acceptors (Lipinski definition) is 8. The zero-order chi connectivity index (χ0) is 23.1. The summed E-state index contributed by atoms with van der Waals surface area (Å²) in [7, 11) is 0. The van der Waals surface area contributed by atoms with Gasteiger partial charge in [-0.25, -0.2) is 0 Å². The summed E-state index contributed by atoms with van der Waals surface area (Å²) < 4.78 is 23.1. The summed E-state index contributed by atoms with van der Waals surface area (Å²) in [5, 5.41) is 0. The molecule has 32 heavy (non-hydrogen) atoms. The SMILES string of the molecule is C=C1C(=O)C23CC1CC[C@H]2C1(CCC(OC(C)=O)[C@@]2(C)CO[C@H](OC(C)=O)[C@@H]12)COC3=O. The normalized spacial score (nSPS) is 47.0. The van der Waals surface area contributed by atoms with Crippen molar-refractivity contribution in [3.05, 3.63) is 12.2 Å². The van der Waals surface area contributed by atoms with E-state index in [-0.39, 0.29) is 42.7 Å². The third-order valence-corrected chi connectivity index (χ3v) is 9.05. The number of allylic oxidation sites excluding steroid dienone is 1. The van der Waals surface area contributed by atoms with Crippen LogP contribution in [0.4, 0.5) is 0 Å². The Morgan fingerprint density at radius 1 is 1.06 bits per heavy atom. The van der Waals surface area contributed by atoms with Crippen LogP contribution in [0.2, 0.25) is 0 Å². The molecule has 2 heterocycles. The lowest BCUT2D eigenvalue weighted by Gasteiger charge is -2.61. The Morgan fingerprint density at radius 2 is 1.78 bits per heavy atom. The van der Waals surface area contributed by atoms with Crippen molar-refractivity contribution in [2.24, 2.45) is 34.0 Å². The second kappa shape index (κ2) is 6.89. The quantitative estimate of drug-likeness (QED) is 0.275. The molecule has 8 atom stereocenters. The molecule has 0 radical (unpaired) electrons. The van der Waals surface area contributed by atoms with E-state index in [1.54, 1.807) is 0 Å². The van der Waals surface area contributed by atoms with Gasteiger partial charge in [0, 0.05) is 30.6 Å². The van der Waals surface area contributed by atoms with Crippen LogP contribution in [0.25, 0.3) is 0 Å². The van der Waals surface area contributed by atoms with E-state index >= 15 is 0 Å². The predicted molar refractivity (Wildman–Crippen MR) is 109 cm³/mol. The van der Waals surface area contributed by atoms with Gasteiger partial charge >= 0.3 is 17.9 Å². The molecule has 2 bridgehead atoms. The molecule has 0 N–H and O–H groups in total. The van der Waals surface area contributed by atoms with Gasteiger partial charge in [0.25, 0.3) is 0 Å². The second-order valence-electron chi connectivity index (χ2n) is 10.6. The lowest BCUT2D eigenvalue weighted by atomic mass is 9.44. The van der Waals surface area contributed by atoms with Crippen LogP contribution in [0.5, 0.6) is 0 Å². The van der Waals surface area contributed by atoms with Crippen LogP contribution >= 0.6 is 0 Å². The van der Waals surface area contributed by atoms with Gasteiger partial charge in [0.1, 0.15) is 11.5 Å². The molecule has 2 aliphatic heterocycles. The number of cyclic esters (lactones) is 1. The molecule has 8 nitrogen and oxygen atoms in total. The first-order valence-electron chi connectivity index (χ1n) is 11.4. The van der Waals surface area contributed by atoms with E-state index in [1.165, 1.54) is 13.8 Å². The molecule has 0 aromatic heterocycles. The fraction of sp³-hybridized carbons (Fsp3) is 0.750. The maximum absolute atomic E-state index is 13.4. The van der Waals surface area contributed by atoms with E-state index in [0.717, 1.165) is 6.42 Å². The molecule has 8 heteroatoms. The van der Waals surface area contributed by atoms with Gasteiger partial charge in [-0.2, -0.15) is 0 Å². The molecule has 174 valence electrons. The molecule has 3 saturated carbocycles. The first-order valence-corrected chi connectivity index (χ1v) is 11.4. The van der Waals surface area contributed by atoms with E-state index < -0.39 is 40.6 Å². The van der Waals surface area contributed by atoms with Gasteiger partial charge < -0.3 is 18.9 Å². The molecular weight excluding hydrogens is 416 g/mol. The van der Waals surface area contributed by atoms with Gasteiger partial charge in [-0.05, 0) is 49.5 Å². The van der Waals surface area contributed by atoms with Crippen molar-refractivity contribution in [1.82, 2.24) is 0 Å². The molecule has 3 aliphatic carbocycles. The van der Waals surface area contributed by atoms with Crippen LogP contribution in [0.15, 0.2) is 12.2 Å². The van der Waals surface area contributed by atoms with Crippen LogP contribution in [0.1, 0.15) is 52.9 Å². The fourth-order valence-corrected chi connectivity index (χ4v) is 7.87. The fourth-order valence-electron chi connectivity index (χ4n) is 7.87. The van der Waals surface area contributed by atoms with Crippen molar-refractivity contribution in [3.63, 3.8) is 0 Å². The molecule has 0 aromatic carbocycles. The summed E-state index contributed by atoms with van der Waals surface area (Å²) >= 11 is 0. The van der Waals surface area contributed by atoms with Crippen molar-refractivity contribution in [2.45, 2.75) is 65.3 Å². The minimum absolute atomic E-state index is 0.00862. The molecule has 5 aliphatic rings. The number of hydrogen-bond donors (Lipinski definition) is 0. The van der Waals surface area contributed by atoms with E-state index in [9.17, 15) is 19.2 Å². The van der Waals surface area contributed by atoms with Gasteiger partial charge in [0.2, 0.25) is 6.29 Å². The summed E-state index contributed by atoms with van der Waals surface area (Å²) in [5.74, 6) is -2.13. The minimum atomic E-state index is -1.23. The molecule has 5 fully saturated rings. The Balaban J connectivity index is 1.63. The second-order valence-corrected chi connectivity index (χ2v) is 10.6. The third kappa shape index (κ3) is 2.59. The largest absolute Gasteiger partial charge is 0.464 e. The summed E-state index contributed by atoms with van der Waals surface area (Å²) in [4.78, 5) is 50.4. The smallest absolute Gasteiger partial charge is 0.320 e. The lowest BCUT2D eigenvalue weighted by Crippen LogP contribution is -2.66. The zero-order valence-electron chi connectivity index (χ0n) is 18.8. The molecular formula is C24H30O8. The van der Waals surface area contributed by atoms with Gasteiger partial charge in [0.15, 0.2) is 5.78 Å². The van der Waals surface area contributed by atoms with Crippen molar-refractivity contribution in [2.75, 3.05) is 13.2 Å². The Morgan fingerprint density at radius 3 is 2.47 bits per heavy atom. The van der Waals surface area contributed by atoms with E-state index in [1.807, 2.05) is 6.92 Å². The third-order valence-electron chi connectivity index (χ3n) is 9.05. The zero-order valence-corrected chi connectivity index (χ0v) is 18.8. The number of ketones is 1. The molecule has 5 rings (SSSR count). The number of ether oxygens (including phenoxy) is 4. The number of rotatable bonds is 2. The summed E-state index contributed by atoms with van der Waals surface area (Å²) in [6.07, 6.45) is 1.79. The average Bonchev–Trinajstić information content (AvgIpc) is 3.16. The first kappa shape index (κ1) is 21.6. The number of esters is 3. The van der Waals surface area contributed by atoms with Gasteiger partial charge in [0.05, 0.1) is 13.2 Å². The Bertz CT molecular complexity index is 925. The van der Waals surface area contributed by atoms with Crippen LogP contribution in [0.3, 0.4) is 0 Å². The number of Topliss-reactive ketones (excluding diaryl/α,β-unsaturated/α-hetero) is 1. The number of carbonyl (C=O) groups is 4. The van der Waals surface area contributed by atoms with E-state index in [0.29, 0.717) is 31.3 Å². The standard InChI is InChI=1S/C24H30O8/c1-12-15-5-6-16-23(11-30-21(28)24(16,9-15)19(12)27)8-7-17(31-13(2)25)22(4)10-29-20(18(22)23)32-14(3)26/h15-18,20H,1,5-11H2,2-4H3/t15?,16-,17?,18+,20+,22+,23?,24?/m0/s1. The van der Waals surface area contributed by atoms with Gasteiger partial charge in [-0.15, -0.1) is 0 Å². The Kier molecular flexibility index (Phi) is 4.65. The maximum Gasteiger partial charge on any atom is 0.320 e. The number of carbonyl (C=O) groups excluding carboxylic acids is 4. The van der Waals surface area contributed by atoms with Crippen LogP contribution in [0, 0.1) is 34.0 Å². The van der Waals surface area contributed by atoms with Gasteiger partial charge in [-0.1, -0.05) is 13.5 Å². The average molecular weight is 446 g/mol.